The third-order valence-corrected chi connectivity index (χ3v) is 6.10. The second-order valence-electron chi connectivity index (χ2n) is 8.94. The zero-order valence-corrected chi connectivity index (χ0v) is 19.6. The average molecular weight is 452 g/mol. The molecule has 5 aromatic rings. The molecule has 0 unspecified atom stereocenters. The predicted molar refractivity (Wildman–Crippen MR) is 134 cm³/mol. The number of aryl methyl sites for hydroxylation is 2. The van der Waals surface area contributed by atoms with Gasteiger partial charge in [-0.1, -0.05) is 56.3 Å². The van der Waals surface area contributed by atoms with Crippen molar-refractivity contribution in [3.05, 3.63) is 89.4 Å². The van der Waals surface area contributed by atoms with Gasteiger partial charge >= 0.3 is 0 Å². The molecule has 0 saturated heterocycles. The molecule has 5 rings (SSSR count). The Hall–Kier alpha value is -3.97. The molecule has 34 heavy (non-hydrogen) atoms. The first-order chi connectivity index (χ1) is 17.1. The normalized spacial score (nSPS) is 12.7. The fourth-order valence-electron chi connectivity index (χ4n) is 4.56. The van der Waals surface area contributed by atoms with E-state index in [0.29, 0.717) is 22.4 Å². The van der Waals surface area contributed by atoms with E-state index in [1.165, 1.54) is 6.20 Å². The lowest BCUT2D eigenvalue weighted by atomic mass is 9.95. The Morgan fingerprint density at radius 3 is 2.56 bits per heavy atom. The van der Waals surface area contributed by atoms with Gasteiger partial charge in [-0.05, 0) is 48.0 Å². The SMILES string of the molecule is [2H]C([2H])(c1cc(-c2c(C)ccc3c2oc2cc(-c4ccccc4)cc(C#N)c23)[n+](C)cc1F)C(C)C. The molecular formula is C30H26FN2O+. The number of pyridine rings is 1. The summed E-state index contributed by atoms with van der Waals surface area (Å²) in [6.45, 7) is 5.43. The molecule has 0 radical (unpaired) electrons. The molecule has 0 spiro atoms. The van der Waals surface area contributed by atoms with Gasteiger partial charge < -0.3 is 4.42 Å². The molecule has 2 heterocycles. The predicted octanol–water partition coefficient (Wildman–Crippen LogP) is 7.26. The zero-order chi connectivity index (χ0) is 25.8. The molecule has 2 aromatic heterocycles. The highest BCUT2D eigenvalue weighted by atomic mass is 19.1. The second-order valence-corrected chi connectivity index (χ2v) is 8.94. The van der Waals surface area contributed by atoms with Crippen molar-refractivity contribution in [2.45, 2.75) is 27.1 Å². The second kappa shape index (κ2) is 8.43. The minimum Gasteiger partial charge on any atom is -0.455 e. The summed E-state index contributed by atoms with van der Waals surface area (Å²) >= 11 is 0. The summed E-state index contributed by atoms with van der Waals surface area (Å²) in [4.78, 5) is 0. The minimum absolute atomic E-state index is 0.0159. The molecule has 0 bridgehead atoms. The molecule has 0 aliphatic rings. The van der Waals surface area contributed by atoms with Crippen molar-refractivity contribution >= 4 is 21.9 Å². The van der Waals surface area contributed by atoms with Crippen LogP contribution in [0.1, 0.15) is 33.3 Å². The van der Waals surface area contributed by atoms with Crippen molar-refractivity contribution in [3.63, 3.8) is 0 Å². The Morgan fingerprint density at radius 1 is 1.09 bits per heavy atom. The number of rotatable bonds is 4. The third-order valence-electron chi connectivity index (χ3n) is 6.10. The van der Waals surface area contributed by atoms with Gasteiger partial charge in [0.2, 0.25) is 11.9 Å². The van der Waals surface area contributed by atoms with E-state index in [-0.39, 0.29) is 5.56 Å². The smallest absolute Gasteiger partial charge is 0.216 e. The highest BCUT2D eigenvalue weighted by Gasteiger charge is 2.24. The van der Waals surface area contributed by atoms with Crippen LogP contribution < -0.4 is 4.57 Å². The van der Waals surface area contributed by atoms with Crippen molar-refractivity contribution < 1.29 is 16.1 Å². The monoisotopic (exact) mass is 451 g/mol. The van der Waals surface area contributed by atoms with Gasteiger partial charge in [0.05, 0.1) is 17.2 Å². The number of nitriles is 1. The number of aromatic nitrogens is 1. The Bertz CT molecular complexity index is 1680. The van der Waals surface area contributed by atoms with Gasteiger partial charge in [-0.3, -0.25) is 0 Å². The maximum Gasteiger partial charge on any atom is 0.216 e. The summed E-state index contributed by atoms with van der Waals surface area (Å²) in [6.07, 6.45) is -0.526. The number of furan rings is 1. The highest BCUT2D eigenvalue weighted by Crippen LogP contribution is 2.40. The summed E-state index contributed by atoms with van der Waals surface area (Å²) in [5.41, 5.74) is 5.87. The fraction of sp³-hybridized carbons (Fsp3) is 0.200. The van der Waals surface area contributed by atoms with Crippen LogP contribution in [0.2, 0.25) is 0 Å². The molecule has 4 heteroatoms. The van der Waals surface area contributed by atoms with Crippen LogP contribution in [0.5, 0.6) is 0 Å². The van der Waals surface area contributed by atoms with Crippen molar-refractivity contribution in [1.29, 1.82) is 5.26 Å². The highest BCUT2D eigenvalue weighted by molar-refractivity contribution is 6.12. The van der Waals surface area contributed by atoms with Gasteiger partial charge in [0.1, 0.15) is 18.2 Å². The molecule has 3 aromatic carbocycles. The number of halogens is 1. The Balaban J connectivity index is 1.83. The topological polar surface area (TPSA) is 40.8 Å². The number of fused-ring (bicyclic) bond motifs is 3. The van der Waals surface area contributed by atoms with Crippen LogP contribution >= 0.6 is 0 Å². The molecule has 0 saturated carbocycles. The van der Waals surface area contributed by atoms with E-state index in [4.69, 9.17) is 7.16 Å². The molecule has 0 aliphatic heterocycles. The summed E-state index contributed by atoms with van der Waals surface area (Å²) in [5, 5.41) is 11.5. The molecular weight excluding hydrogens is 423 g/mol. The first-order valence-electron chi connectivity index (χ1n) is 12.3. The molecule has 0 atom stereocenters. The van der Waals surface area contributed by atoms with Gasteiger partial charge in [0.15, 0.2) is 5.82 Å². The van der Waals surface area contributed by atoms with Crippen LogP contribution in [0.4, 0.5) is 4.39 Å². The van der Waals surface area contributed by atoms with Gasteiger partial charge in [-0.2, -0.15) is 9.83 Å². The van der Waals surface area contributed by atoms with Gasteiger partial charge in [-0.25, -0.2) is 4.39 Å². The average Bonchev–Trinajstić information content (AvgIpc) is 3.23. The molecule has 3 nitrogen and oxygen atoms in total. The van der Waals surface area contributed by atoms with Crippen LogP contribution in [0.25, 0.3) is 44.3 Å². The van der Waals surface area contributed by atoms with Crippen molar-refractivity contribution in [2.24, 2.45) is 13.0 Å². The molecule has 0 amide bonds. The molecule has 0 N–H and O–H groups in total. The van der Waals surface area contributed by atoms with Gasteiger partial charge in [0, 0.05) is 25.1 Å². The van der Waals surface area contributed by atoms with E-state index in [2.05, 4.69) is 6.07 Å². The van der Waals surface area contributed by atoms with E-state index in [9.17, 15) is 9.65 Å². The first kappa shape index (κ1) is 19.5. The lowest BCUT2D eigenvalue weighted by Crippen LogP contribution is -2.32. The number of hydrogen-bond acceptors (Lipinski definition) is 2. The number of hydrogen-bond donors (Lipinski definition) is 0. The summed E-state index contributed by atoms with van der Waals surface area (Å²) in [6, 6.07) is 21.5. The van der Waals surface area contributed by atoms with E-state index < -0.39 is 18.1 Å². The zero-order valence-electron chi connectivity index (χ0n) is 21.6. The van der Waals surface area contributed by atoms with Gasteiger partial charge in [-0.15, -0.1) is 0 Å². The van der Waals surface area contributed by atoms with E-state index in [1.54, 1.807) is 31.5 Å². The number of nitrogens with zero attached hydrogens (tertiary/aromatic N) is 2. The Morgan fingerprint density at radius 2 is 1.85 bits per heavy atom. The Labute approximate surface area is 201 Å². The lowest BCUT2D eigenvalue weighted by Gasteiger charge is -2.10. The quantitative estimate of drug-likeness (QED) is 0.270. The summed E-state index contributed by atoms with van der Waals surface area (Å²) in [5.74, 6) is -1.00. The van der Waals surface area contributed by atoms with Crippen molar-refractivity contribution in [1.82, 2.24) is 0 Å². The standard InChI is InChI=1S/C30H26FN2O/c1-18(2)12-22-14-26(33(4)17-25(22)31)28-19(3)10-11-24-29-23(16-32)13-21(15-27(29)34-30(24)28)20-8-6-5-7-9-20/h5-11,13-15,17-18H,12H2,1-4H3/q+1/i12D2. The van der Waals surface area contributed by atoms with E-state index in [0.717, 1.165) is 33.0 Å². The molecule has 0 fully saturated rings. The van der Waals surface area contributed by atoms with Crippen LogP contribution in [-0.4, -0.2) is 0 Å². The number of benzene rings is 3. The van der Waals surface area contributed by atoms with Crippen molar-refractivity contribution in [2.75, 3.05) is 0 Å². The third kappa shape index (κ3) is 3.64. The lowest BCUT2D eigenvalue weighted by molar-refractivity contribution is -0.662. The molecule has 0 aliphatic carbocycles. The van der Waals surface area contributed by atoms with Crippen molar-refractivity contribution in [3.8, 4) is 28.5 Å². The molecule has 168 valence electrons. The minimum atomic E-state index is -1.85. The van der Waals surface area contributed by atoms with Crippen LogP contribution in [0.3, 0.4) is 0 Å². The maximum absolute atomic E-state index is 15.0. The Kier molecular flexibility index (Phi) is 4.83. The fourth-order valence-corrected chi connectivity index (χ4v) is 4.56. The maximum atomic E-state index is 15.0. The van der Waals surface area contributed by atoms with E-state index >= 15 is 0 Å². The summed E-state index contributed by atoms with van der Waals surface area (Å²) < 4.78 is 40.1. The van der Waals surface area contributed by atoms with E-state index in [1.807, 2.05) is 61.5 Å². The first-order valence-corrected chi connectivity index (χ1v) is 11.3. The largest absolute Gasteiger partial charge is 0.455 e. The van der Waals surface area contributed by atoms with Crippen LogP contribution in [0, 0.1) is 30.0 Å². The van der Waals surface area contributed by atoms with Crippen LogP contribution in [-0.2, 0) is 13.4 Å². The van der Waals surface area contributed by atoms with Gasteiger partial charge in [0.25, 0.3) is 0 Å². The summed E-state index contributed by atoms with van der Waals surface area (Å²) in [7, 11) is 1.74. The van der Waals surface area contributed by atoms with Crippen LogP contribution in [0.15, 0.2) is 71.3 Å².